The van der Waals surface area contributed by atoms with E-state index in [0.717, 1.165) is 42.5 Å². The number of rotatable bonds is 4. The van der Waals surface area contributed by atoms with E-state index in [2.05, 4.69) is 10.4 Å². The molecule has 3 rings (SSSR count). The third-order valence-corrected chi connectivity index (χ3v) is 6.19. The summed E-state index contributed by atoms with van der Waals surface area (Å²) in [7, 11) is 3.05. The van der Waals surface area contributed by atoms with Crippen molar-refractivity contribution in [3.05, 3.63) is 33.0 Å². The number of anilines is 1. The number of nitrogens with one attached hydrogen (secondary N) is 1. The predicted octanol–water partition coefficient (Wildman–Crippen LogP) is 2.98. The van der Waals surface area contributed by atoms with Crippen molar-refractivity contribution >= 4 is 34.0 Å². The first-order valence-electron chi connectivity index (χ1n) is 8.93. The average Bonchev–Trinajstić information content (AvgIpc) is 2.98. The molecule has 1 aliphatic rings. The molecule has 27 heavy (non-hydrogen) atoms. The van der Waals surface area contributed by atoms with Gasteiger partial charge in [-0.15, -0.1) is 11.3 Å². The molecule has 0 saturated carbocycles. The lowest BCUT2D eigenvalue weighted by Gasteiger charge is -2.07. The zero-order valence-electron chi connectivity index (χ0n) is 16.0. The van der Waals surface area contributed by atoms with E-state index < -0.39 is 17.7 Å². The monoisotopic (exact) mass is 389 g/mol. The number of methoxy groups -OCH3 is 1. The normalized spacial score (nSPS) is 13.6. The van der Waals surface area contributed by atoms with Crippen molar-refractivity contribution in [2.45, 2.75) is 46.0 Å². The molecule has 1 aliphatic carbocycles. The molecule has 0 spiro atoms. The highest BCUT2D eigenvalue weighted by Gasteiger charge is 2.29. The molecule has 0 saturated heterocycles. The highest BCUT2D eigenvalue weighted by Crippen LogP contribution is 2.38. The number of carbonyl (C=O) groups excluding carboxylic acids is 3. The molecule has 0 fully saturated rings. The maximum atomic E-state index is 12.7. The number of esters is 1. The van der Waals surface area contributed by atoms with Crippen LogP contribution in [0.5, 0.6) is 0 Å². The quantitative estimate of drug-likeness (QED) is 0.376. The van der Waals surface area contributed by atoms with Crippen molar-refractivity contribution in [2.24, 2.45) is 7.05 Å². The Bertz CT molecular complexity index is 926. The smallest absolute Gasteiger partial charge is 0.341 e. The summed E-state index contributed by atoms with van der Waals surface area (Å²) in [6.45, 7) is 3.44. The third-order valence-electron chi connectivity index (χ3n) is 4.98. The number of hydrogen-bond donors (Lipinski definition) is 1. The van der Waals surface area contributed by atoms with Gasteiger partial charge in [0, 0.05) is 17.6 Å². The summed E-state index contributed by atoms with van der Waals surface area (Å²) in [5.41, 5.74) is 2.77. The number of Topliss-reactive ketones (excluding diaryl/α,β-unsaturated/α-hetero) is 1. The molecule has 0 aliphatic heterocycles. The number of aryl methyl sites for hydroxylation is 3. The predicted molar refractivity (Wildman–Crippen MR) is 103 cm³/mol. The summed E-state index contributed by atoms with van der Waals surface area (Å²) in [5.74, 6) is -1.90. The van der Waals surface area contributed by atoms with Gasteiger partial charge in [-0.1, -0.05) is 6.42 Å². The van der Waals surface area contributed by atoms with E-state index in [4.69, 9.17) is 4.74 Å². The Labute approximate surface area is 161 Å². The number of fused-ring (bicyclic) bond motifs is 1. The molecular weight excluding hydrogens is 366 g/mol. The number of nitrogens with zero attached hydrogens (tertiary/aromatic N) is 2. The first-order chi connectivity index (χ1) is 12.8. The molecule has 0 bridgehead atoms. The standard InChI is InChI=1S/C19H23N3O4S/c1-10-14(11(2)22(3)21-10)16(23)17(24)20-18-15(19(25)26-4)12-8-6-5-7-9-13(12)27-18/h5-9H2,1-4H3,(H,20,24). The Morgan fingerprint density at radius 1 is 1.11 bits per heavy atom. The molecule has 7 nitrogen and oxygen atoms in total. The number of ether oxygens (including phenoxy) is 1. The zero-order valence-corrected chi connectivity index (χ0v) is 16.8. The topological polar surface area (TPSA) is 90.3 Å². The van der Waals surface area contributed by atoms with Gasteiger partial charge in [0.1, 0.15) is 5.00 Å². The summed E-state index contributed by atoms with van der Waals surface area (Å²) in [6.07, 6.45) is 4.81. The molecule has 1 amide bonds. The van der Waals surface area contributed by atoms with E-state index in [0.29, 0.717) is 27.5 Å². The van der Waals surface area contributed by atoms with E-state index in [1.165, 1.54) is 18.4 Å². The molecule has 2 heterocycles. The van der Waals surface area contributed by atoms with Crippen molar-refractivity contribution in [3.8, 4) is 0 Å². The number of aromatic nitrogens is 2. The molecule has 8 heteroatoms. The van der Waals surface area contributed by atoms with Crippen LogP contribution in [0.3, 0.4) is 0 Å². The van der Waals surface area contributed by atoms with Crippen LogP contribution >= 0.6 is 11.3 Å². The van der Waals surface area contributed by atoms with Crippen molar-refractivity contribution < 1.29 is 19.1 Å². The van der Waals surface area contributed by atoms with Crippen LogP contribution in [-0.4, -0.2) is 34.6 Å². The lowest BCUT2D eigenvalue weighted by atomic mass is 10.1. The van der Waals surface area contributed by atoms with Crippen LogP contribution in [0.4, 0.5) is 5.00 Å². The van der Waals surface area contributed by atoms with Gasteiger partial charge in [0.25, 0.3) is 11.7 Å². The number of thiophene rings is 1. The number of carbonyl (C=O) groups is 3. The molecule has 0 atom stereocenters. The number of amides is 1. The number of hydrogen-bond acceptors (Lipinski definition) is 6. The fraction of sp³-hybridized carbons (Fsp3) is 0.474. The van der Waals surface area contributed by atoms with Gasteiger partial charge in [-0.3, -0.25) is 14.3 Å². The summed E-state index contributed by atoms with van der Waals surface area (Å²) < 4.78 is 6.50. The van der Waals surface area contributed by atoms with Crippen LogP contribution in [0, 0.1) is 13.8 Å². The Kier molecular flexibility index (Phi) is 5.46. The van der Waals surface area contributed by atoms with Crippen molar-refractivity contribution in [1.82, 2.24) is 9.78 Å². The summed E-state index contributed by atoms with van der Waals surface area (Å²) in [5, 5.41) is 7.24. The van der Waals surface area contributed by atoms with E-state index >= 15 is 0 Å². The summed E-state index contributed by atoms with van der Waals surface area (Å²) in [6, 6.07) is 0. The SMILES string of the molecule is COC(=O)c1c(NC(=O)C(=O)c2c(C)nn(C)c2C)sc2c1CCCCC2. The fourth-order valence-corrected chi connectivity index (χ4v) is 4.80. The highest BCUT2D eigenvalue weighted by atomic mass is 32.1. The van der Waals surface area contributed by atoms with Gasteiger partial charge in [0.2, 0.25) is 0 Å². The van der Waals surface area contributed by atoms with Crippen LogP contribution in [0.25, 0.3) is 0 Å². The van der Waals surface area contributed by atoms with Gasteiger partial charge in [0.15, 0.2) is 0 Å². The molecule has 2 aromatic rings. The lowest BCUT2D eigenvalue weighted by Crippen LogP contribution is -2.24. The minimum Gasteiger partial charge on any atom is -0.465 e. The molecular formula is C19H23N3O4S. The Balaban J connectivity index is 1.94. The van der Waals surface area contributed by atoms with Gasteiger partial charge >= 0.3 is 5.97 Å². The Morgan fingerprint density at radius 3 is 2.44 bits per heavy atom. The molecule has 0 unspecified atom stereocenters. The van der Waals surface area contributed by atoms with Gasteiger partial charge < -0.3 is 10.1 Å². The molecule has 1 N–H and O–H groups in total. The average molecular weight is 389 g/mol. The lowest BCUT2D eigenvalue weighted by molar-refractivity contribution is -0.112. The van der Waals surface area contributed by atoms with E-state index in [9.17, 15) is 14.4 Å². The third kappa shape index (κ3) is 3.53. The maximum absolute atomic E-state index is 12.7. The second-order valence-electron chi connectivity index (χ2n) is 6.71. The minimum absolute atomic E-state index is 0.299. The van der Waals surface area contributed by atoms with Crippen LogP contribution in [0.2, 0.25) is 0 Å². The van der Waals surface area contributed by atoms with Gasteiger partial charge in [0.05, 0.1) is 23.9 Å². The van der Waals surface area contributed by atoms with Crippen molar-refractivity contribution in [2.75, 3.05) is 12.4 Å². The number of ketones is 1. The zero-order chi connectivity index (χ0) is 19.7. The van der Waals surface area contributed by atoms with E-state index in [-0.39, 0.29) is 0 Å². The van der Waals surface area contributed by atoms with Crippen molar-refractivity contribution in [1.29, 1.82) is 0 Å². The summed E-state index contributed by atoms with van der Waals surface area (Å²) in [4.78, 5) is 38.7. The minimum atomic E-state index is -0.768. The van der Waals surface area contributed by atoms with Gasteiger partial charge in [-0.2, -0.15) is 5.10 Å². The maximum Gasteiger partial charge on any atom is 0.341 e. The van der Waals surface area contributed by atoms with Crippen molar-refractivity contribution in [3.63, 3.8) is 0 Å². The Morgan fingerprint density at radius 2 is 1.81 bits per heavy atom. The first kappa shape index (κ1) is 19.3. The first-order valence-corrected chi connectivity index (χ1v) is 9.75. The highest BCUT2D eigenvalue weighted by molar-refractivity contribution is 7.17. The van der Waals surface area contributed by atoms with E-state index in [1.54, 1.807) is 25.6 Å². The second-order valence-corrected chi connectivity index (χ2v) is 7.82. The van der Waals surface area contributed by atoms with Gasteiger partial charge in [-0.05, 0) is 45.1 Å². The van der Waals surface area contributed by atoms with Gasteiger partial charge in [-0.25, -0.2) is 4.79 Å². The summed E-state index contributed by atoms with van der Waals surface area (Å²) >= 11 is 1.37. The van der Waals surface area contributed by atoms with Crippen LogP contribution in [-0.2, 0) is 29.4 Å². The second kappa shape index (κ2) is 7.64. The Hall–Kier alpha value is -2.48. The van der Waals surface area contributed by atoms with Crippen LogP contribution in [0.15, 0.2) is 0 Å². The molecule has 0 radical (unpaired) electrons. The fourth-order valence-electron chi connectivity index (χ4n) is 3.52. The molecule has 0 aromatic carbocycles. The molecule has 144 valence electrons. The molecule has 2 aromatic heterocycles. The van der Waals surface area contributed by atoms with Crippen LogP contribution in [0.1, 0.15) is 61.8 Å². The van der Waals surface area contributed by atoms with Crippen LogP contribution < -0.4 is 5.32 Å². The van der Waals surface area contributed by atoms with E-state index in [1.807, 2.05) is 0 Å². The largest absolute Gasteiger partial charge is 0.465 e.